The number of esters is 1. The molecule has 4 heteroatoms. The number of ether oxygens (including phenoxy) is 1. The molecule has 0 aromatic carbocycles. The first-order chi connectivity index (χ1) is 9.17. The predicted molar refractivity (Wildman–Crippen MR) is 78.1 cm³/mol. The summed E-state index contributed by atoms with van der Waals surface area (Å²) >= 11 is 0. The number of carbonyl (C=O) groups is 1. The van der Waals surface area contributed by atoms with Gasteiger partial charge in [0.2, 0.25) is 0 Å². The number of piperidine rings is 1. The Kier molecular flexibility index (Phi) is 8.07. The van der Waals surface area contributed by atoms with Gasteiger partial charge in [-0.1, -0.05) is 13.8 Å². The van der Waals surface area contributed by atoms with E-state index >= 15 is 0 Å². The monoisotopic (exact) mass is 270 g/mol. The molecular formula is C15H30N2O2. The summed E-state index contributed by atoms with van der Waals surface area (Å²) in [6.07, 6.45) is 3.66. The van der Waals surface area contributed by atoms with Crippen LogP contribution in [0.25, 0.3) is 0 Å². The van der Waals surface area contributed by atoms with Crippen LogP contribution < -0.4 is 5.32 Å². The molecule has 1 heterocycles. The second-order valence-corrected chi connectivity index (χ2v) is 5.61. The van der Waals surface area contributed by atoms with Crippen molar-refractivity contribution in [1.82, 2.24) is 10.2 Å². The van der Waals surface area contributed by atoms with Crippen LogP contribution in [0.3, 0.4) is 0 Å². The van der Waals surface area contributed by atoms with Crippen molar-refractivity contribution in [3.63, 3.8) is 0 Å². The van der Waals surface area contributed by atoms with Crippen LogP contribution in [0, 0.1) is 11.8 Å². The molecule has 1 fully saturated rings. The number of hydrogen-bond acceptors (Lipinski definition) is 4. The summed E-state index contributed by atoms with van der Waals surface area (Å²) in [6, 6.07) is 0. The van der Waals surface area contributed by atoms with Crippen molar-refractivity contribution in [2.45, 2.75) is 40.0 Å². The Labute approximate surface area is 117 Å². The summed E-state index contributed by atoms with van der Waals surface area (Å²) in [5, 5.41) is 3.40. The van der Waals surface area contributed by atoms with Gasteiger partial charge in [-0.15, -0.1) is 0 Å². The van der Waals surface area contributed by atoms with E-state index in [2.05, 4.69) is 17.1 Å². The van der Waals surface area contributed by atoms with E-state index in [4.69, 9.17) is 4.74 Å². The van der Waals surface area contributed by atoms with Gasteiger partial charge in [-0.25, -0.2) is 0 Å². The third-order valence-electron chi connectivity index (χ3n) is 3.74. The van der Waals surface area contributed by atoms with Crippen LogP contribution in [0.1, 0.15) is 40.0 Å². The Morgan fingerprint density at radius 2 is 2.05 bits per heavy atom. The quantitative estimate of drug-likeness (QED) is 0.684. The van der Waals surface area contributed by atoms with Gasteiger partial charge in [0, 0.05) is 13.1 Å². The molecule has 0 bridgehead atoms. The maximum absolute atomic E-state index is 11.7. The third kappa shape index (κ3) is 6.39. The molecule has 1 unspecified atom stereocenters. The summed E-state index contributed by atoms with van der Waals surface area (Å²) < 4.78 is 5.10. The van der Waals surface area contributed by atoms with Crippen LogP contribution in [0.5, 0.6) is 0 Å². The SMILES string of the molecule is CCCN(CC1CCNCC1)CC(C)C(=O)OCC. The van der Waals surface area contributed by atoms with Crippen LogP contribution in [-0.4, -0.2) is 50.2 Å². The molecule has 0 aromatic heterocycles. The number of hydrogen-bond donors (Lipinski definition) is 1. The van der Waals surface area contributed by atoms with Crippen molar-refractivity contribution in [2.24, 2.45) is 11.8 Å². The average molecular weight is 270 g/mol. The predicted octanol–water partition coefficient (Wildman–Crippen LogP) is 1.90. The van der Waals surface area contributed by atoms with E-state index in [1.807, 2.05) is 13.8 Å². The molecular weight excluding hydrogens is 240 g/mol. The molecule has 0 saturated carbocycles. The second-order valence-electron chi connectivity index (χ2n) is 5.61. The molecule has 0 radical (unpaired) electrons. The van der Waals surface area contributed by atoms with Crippen LogP contribution in [-0.2, 0) is 9.53 Å². The first-order valence-corrected chi connectivity index (χ1v) is 7.77. The van der Waals surface area contributed by atoms with Crippen molar-refractivity contribution in [3.8, 4) is 0 Å². The van der Waals surface area contributed by atoms with E-state index in [9.17, 15) is 4.79 Å². The van der Waals surface area contributed by atoms with Gasteiger partial charge in [-0.3, -0.25) is 4.79 Å². The molecule has 1 N–H and O–H groups in total. The van der Waals surface area contributed by atoms with Crippen LogP contribution in [0.4, 0.5) is 0 Å². The fraction of sp³-hybridized carbons (Fsp3) is 0.933. The van der Waals surface area contributed by atoms with Crippen LogP contribution in [0.2, 0.25) is 0 Å². The lowest BCUT2D eigenvalue weighted by atomic mass is 9.97. The largest absolute Gasteiger partial charge is 0.466 e. The van der Waals surface area contributed by atoms with Crippen LogP contribution >= 0.6 is 0 Å². The molecule has 0 spiro atoms. The maximum atomic E-state index is 11.7. The van der Waals surface area contributed by atoms with Crippen molar-refractivity contribution < 1.29 is 9.53 Å². The molecule has 0 amide bonds. The maximum Gasteiger partial charge on any atom is 0.309 e. The highest BCUT2D eigenvalue weighted by Gasteiger charge is 2.21. The van der Waals surface area contributed by atoms with E-state index in [1.54, 1.807) is 0 Å². The zero-order valence-corrected chi connectivity index (χ0v) is 12.8. The van der Waals surface area contributed by atoms with Gasteiger partial charge in [0.15, 0.2) is 0 Å². The first kappa shape index (κ1) is 16.4. The van der Waals surface area contributed by atoms with Crippen molar-refractivity contribution in [1.29, 1.82) is 0 Å². The fourth-order valence-electron chi connectivity index (χ4n) is 2.75. The minimum atomic E-state index is -0.0612. The molecule has 1 aliphatic rings. The molecule has 1 rings (SSSR count). The summed E-state index contributed by atoms with van der Waals surface area (Å²) in [4.78, 5) is 14.2. The summed E-state index contributed by atoms with van der Waals surface area (Å²) in [5.41, 5.74) is 0. The van der Waals surface area contributed by atoms with E-state index in [0.29, 0.717) is 6.61 Å². The van der Waals surface area contributed by atoms with Gasteiger partial charge < -0.3 is 15.0 Å². The number of carbonyl (C=O) groups excluding carboxylic acids is 1. The molecule has 0 aromatic rings. The van der Waals surface area contributed by atoms with Gasteiger partial charge in [0.1, 0.15) is 0 Å². The zero-order valence-electron chi connectivity index (χ0n) is 12.8. The highest BCUT2D eigenvalue weighted by atomic mass is 16.5. The van der Waals surface area contributed by atoms with Gasteiger partial charge in [-0.2, -0.15) is 0 Å². The molecule has 19 heavy (non-hydrogen) atoms. The smallest absolute Gasteiger partial charge is 0.309 e. The molecule has 0 aliphatic carbocycles. The minimum Gasteiger partial charge on any atom is -0.466 e. The second kappa shape index (κ2) is 9.32. The summed E-state index contributed by atoms with van der Waals surface area (Å²) in [5.74, 6) is 0.698. The normalized spacial score (nSPS) is 18.5. The van der Waals surface area contributed by atoms with Gasteiger partial charge >= 0.3 is 5.97 Å². The number of nitrogens with zero attached hydrogens (tertiary/aromatic N) is 1. The molecule has 1 aliphatic heterocycles. The Hall–Kier alpha value is -0.610. The molecule has 1 saturated heterocycles. The fourth-order valence-corrected chi connectivity index (χ4v) is 2.75. The third-order valence-corrected chi connectivity index (χ3v) is 3.74. The highest BCUT2D eigenvalue weighted by molar-refractivity contribution is 5.72. The number of rotatable bonds is 8. The summed E-state index contributed by atoms with van der Waals surface area (Å²) in [6.45, 7) is 11.8. The molecule has 112 valence electrons. The van der Waals surface area contributed by atoms with E-state index in [1.165, 1.54) is 12.8 Å². The van der Waals surface area contributed by atoms with E-state index in [0.717, 1.165) is 45.1 Å². The van der Waals surface area contributed by atoms with Crippen molar-refractivity contribution >= 4 is 5.97 Å². The van der Waals surface area contributed by atoms with Crippen LogP contribution in [0.15, 0.2) is 0 Å². The van der Waals surface area contributed by atoms with Gasteiger partial charge in [0.25, 0.3) is 0 Å². The lowest BCUT2D eigenvalue weighted by Crippen LogP contribution is -2.39. The van der Waals surface area contributed by atoms with Crippen molar-refractivity contribution in [2.75, 3.05) is 39.3 Å². The Morgan fingerprint density at radius 3 is 2.63 bits per heavy atom. The Morgan fingerprint density at radius 1 is 1.37 bits per heavy atom. The topological polar surface area (TPSA) is 41.6 Å². The van der Waals surface area contributed by atoms with Crippen molar-refractivity contribution in [3.05, 3.63) is 0 Å². The molecule has 4 nitrogen and oxygen atoms in total. The number of nitrogens with one attached hydrogen (secondary N) is 1. The van der Waals surface area contributed by atoms with E-state index in [-0.39, 0.29) is 11.9 Å². The summed E-state index contributed by atoms with van der Waals surface area (Å²) in [7, 11) is 0. The standard InChI is InChI=1S/C15H30N2O2/c1-4-10-17(11-13(3)15(18)19-5-2)12-14-6-8-16-9-7-14/h13-14,16H,4-12H2,1-3H3. The van der Waals surface area contributed by atoms with Gasteiger partial charge in [0.05, 0.1) is 12.5 Å². The van der Waals surface area contributed by atoms with E-state index < -0.39 is 0 Å². The minimum absolute atomic E-state index is 0.0202. The molecule has 1 atom stereocenters. The highest BCUT2D eigenvalue weighted by Crippen LogP contribution is 2.15. The van der Waals surface area contributed by atoms with Gasteiger partial charge in [-0.05, 0) is 51.7 Å². The average Bonchev–Trinajstić information content (AvgIpc) is 2.40. The zero-order chi connectivity index (χ0) is 14.1. The Balaban J connectivity index is 2.39. The lowest BCUT2D eigenvalue weighted by Gasteiger charge is -2.31. The Bertz CT molecular complexity index is 253. The first-order valence-electron chi connectivity index (χ1n) is 7.77. The lowest BCUT2D eigenvalue weighted by molar-refractivity contribution is -0.148.